The second kappa shape index (κ2) is 7.83. The molecule has 0 aliphatic carbocycles. The molecule has 0 bridgehead atoms. The molecule has 0 saturated heterocycles. The number of rotatable bonds is 5. The van der Waals surface area contributed by atoms with Crippen LogP contribution in [-0.4, -0.2) is 18.0 Å². The molecule has 25 heavy (non-hydrogen) atoms. The standard InChI is InChI=1S/C18H17F3N2O2/c1-12-4-2-3-5-14(12)10-16(24)23-15-8-6-13(7-9-15)11-22-17(25)18(19,20)21/h2-9H,10-11H2,1H3,(H,22,25)(H,23,24). The van der Waals surface area contributed by atoms with Gasteiger partial charge >= 0.3 is 12.1 Å². The molecule has 2 rings (SSSR count). The third-order valence-electron chi connectivity index (χ3n) is 3.56. The first-order valence-corrected chi connectivity index (χ1v) is 7.54. The van der Waals surface area contributed by atoms with Crippen molar-refractivity contribution in [2.24, 2.45) is 0 Å². The van der Waals surface area contributed by atoms with Gasteiger partial charge in [-0.3, -0.25) is 9.59 Å². The molecule has 0 saturated carbocycles. The maximum Gasteiger partial charge on any atom is 0.471 e. The highest BCUT2D eigenvalue weighted by molar-refractivity contribution is 5.92. The zero-order valence-electron chi connectivity index (χ0n) is 13.5. The minimum atomic E-state index is -4.90. The van der Waals surface area contributed by atoms with Crippen molar-refractivity contribution in [3.63, 3.8) is 0 Å². The summed E-state index contributed by atoms with van der Waals surface area (Å²) < 4.78 is 36.3. The SMILES string of the molecule is Cc1ccccc1CC(=O)Nc1ccc(CNC(=O)C(F)(F)F)cc1. The number of aryl methyl sites for hydroxylation is 1. The van der Waals surface area contributed by atoms with Gasteiger partial charge in [-0.05, 0) is 35.7 Å². The molecule has 0 heterocycles. The highest BCUT2D eigenvalue weighted by atomic mass is 19.4. The highest BCUT2D eigenvalue weighted by Gasteiger charge is 2.38. The molecule has 0 aliphatic heterocycles. The van der Waals surface area contributed by atoms with E-state index < -0.39 is 12.1 Å². The zero-order chi connectivity index (χ0) is 18.4. The fourth-order valence-electron chi connectivity index (χ4n) is 2.18. The first-order chi connectivity index (χ1) is 11.8. The number of nitrogens with one attached hydrogen (secondary N) is 2. The van der Waals surface area contributed by atoms with Gasteiger partial charge in [0.15, 0.2) is 0 Å². The van der Waals surface area contributed by atoms with E-state index in [-0.39, 0.29) is 18.9 Å². The van der Waals surface area contributed by atoms with E-state index in [2.05, 4.69) is 5.32 Å². The molecule has 2 amide bonds. The molecule has 7 heteroatoms. The Bertz CT molecular complexity index is 756. The number of halogens is 3. The van der Waals surface area contributed by atoms with Crippen molar-refractivity contribution in [2.75, 3.05) is 5.32 Å². The molecule has 0 fully saturated rings. The predicted octanol–water partition coefficient (Wildman–Crippen LogP) is 3.35. The molecule has 2 aromatic carbocycles. The van der Waals surface area contributed by atoms with E-state index >= 15 is 0 Å². The summed E-state index contributed by atoms with van der Waals surface area (Å²) in [6, 6.07) is 13.8. The predicted molar refractivity (Wildman–Crippen MR) is 87.9 cm³/mol. The van der Waals surface area contributed by atoms with Gasteiger partial charge in [-0.15, -0.1) is 0 Å². The minimum absolute atomic E-state index is 0.188. The Labute approximate surface area is 143 Å². The monoisotopic (exact) mass is 350 g/mol. The summed E-state index contributed by atoms with van der Waals surface area (Å²) in [4.78, 5) is 22.8. The summed E-state index contributed by atoms with van der Waals surface area (Å²) in [5.74, 6) is -2.17. The molecule has 0 atom stereocenters. The van der Waals surface area contributed by atoms with Crippen LogP contribution in [0.25, 0.3) is 0 Å². The van der Waals surface area contributed by atoms with Crippen molar-refractivity contribution >= 4 is 17.5 Å². The fraction of sp³-hybridized carbons (Fsp3) is 0.222. The summed E-state index contributed by atoms with van der Waals surface area (Å²) in [6.07, 6.45) is -4.67. The van der Waals surface area contributed by atoms with Gasteiger partial charge in [0.05, 0.1) is 6.42 Å². The Morgan fingerprint density at radius 3 is 2.24 bits per heavy atom. The molecule has 2 N–H and O–H groups in total. The quantitative estimate of drug-likeness (QED) is 0.869. The summed E-state index contributed by atoms with van der Waals surface area (Å²) in [6.45, 7) is 1.68. The lowest BCUT2D eigenvalue weighted by Gasteiger charge is -2.10. The highest BCUT2D eigenvalue weighted by Crippen LogP contribution is 2.15. The Kier molecular flexibility index (Phi) is 5.80. The number of anilines is 1. The van der Waals surface area contributed by atoms with E-state index in [4.69, 9.17) is 0 Å². The number of hydrogen-bond donors (Lipinski definition) is 2. The van der Waals surface area contributed by atoms with Gasteiger partial charge in [-0.25, -0.2) is 0 Å². The number of carbonyl (C=O) groups excluding carboxylic acids is 2. The molecule has 0 spiro atoms. The van der Waals surface area contributed by atoms with Crippen molar-refractivity contribution in [1.82, 2.24) is 5.32 Å². The summed E-state index contributed by atoms with van der Waals surface area (Å²) in [7, 11) is 0. The molecule has 0 unspecified atom stereocenters. The van der Waals surface area contributed by atoms with Crippen LogP contribution in [0.5, 0.6) is 0 Å². The van der Waals surface area contributed by atoms with Gasteiger partial charge in [0.1, 0.15) is 0 Å². The van der Waals surface area contributed by atoms with Crippen LogP contribution in [0.2, 0.25) is 0 Å². The molecule has 0 aromatic heterocycles. The Morgan fingerprint density at radius 2 is 1.64 bits per heavy atom. The van der Waals surface area contributed by atoms with Crippen LogP contribution in [-0.2, 0) is 22.6 Å². The maximum absolute atomic E-state index is 12.1. The van der Waals surface area contributed by atoms with Gasteiger partial charge in [-0.1, -0.05) is 36.4 Å². The van der Waals surface area contributed by atoms with Crippen LogP contribution >= 0.6 is 0 Å². The minimum Gasteiger partial charge on any atom is -0.344 e. The zero-order valence-corrected chi connectivity index (χ0v) is 13.5. The molecule has 0 radical (unpaired) electrons. The molecular weight excluding hydrogens is 333 g/mol. The van der Waals surface area contributed by atoms with E-state index in [0.29, 0.717) is 11.3 Å². The summed E-state index contributed by atoms with van der Waals surface area (Å²) in [5.41, 5.74) is 2.97. The largest absolute Gasteiger partial charge is 0.471 e. The van der Waals surface area contributed by atoms with Gasteiger partial charge in [-0.2, -0.15) is 13.2 Å². The molecular formula is C18H17F3N2O2. The van der Waals surface area contributed by atoms with Crippen molar-refractivity contribution in [3.05, 3.63) is 65.2 Å². The fourth-order valence-corrected chi connectivity index (χ4v) is 2.18. The molecule has 4 nitrogen and oxygen atoms in total. The van der Waals surface area contributed by atoms with E-state index in [1.54, 1.807) is 29.6 Å². The number of hydrogen-bond acceptors (Lipinski definition) is 2. The topological polar surface area (TPSA) is 58.2 Å². The van der Waals surface area contributed by atoms with E-state index in [1.165, 1.54) is 0 Å². The van der Waals surface area contributed by atoms with E-state index in [0.717, 1.165) is 11.1 Å². The smallest absolute Gasteiger partial charge is 0.344 e. The maximum atomic E-state index is 12.1. The Morgan fingerprint density at radius 1 is 1.00 bits per heavy atom. The van der Waals surface area contributed by atoms with Crippen LogP contribution in [0, 0.1) is 6.92 Å². The lowest BCUT2D eigenvalue weighted by molar-refractivity contribution is -0.173. The van der Waals surface area contributed by atoms with Crippen molar-refractivity contribution in [3.8, 4) is 0 Å². The van der Waals surface area contributed by atoms with Crippen LogP contribution in [0.3, 0.4) is 0 Å². The van der Waals surface area contributed by atoms with E-state index in [1.807, 2.05) is 31.2 Å². The number of benzene rings is 2. The van der Waals surface area contributed by atoms with Crippen molar-refractivity contribution < 1.29 is 22.8 Å². The summed E-state index contributed by atoms with van der Waals surface area (Å²) in [5, 5.41) is 4.51. The first kappa shape index (κ1) is 18.5. The first-order valence-electron chi connectivity index (χ1n) is 7.54. The van der Waals surface area contributed by atoms with Gasteiger partial charge < -0.3 is 10.6 Å². The van der Waals surface area contributed by atoms with Crippen LogP contribution < -0.4 is 10.6 Å². The van der Waals surface area contributed by atoms with Crippen LogP contribution in [0.15, 0.2) is 48.5 Å². The van der Waals surface area contributed by atoms with Gasteiger partial charge in [0.2, 0.25) is 5.91 Å². The normalized spacial score (nSPS) is 11.0. The Balaban J connectivity index is 1.89. The van der Waals surface area contributed by atoms with Crippen molar-refractivity contribution in [1.29, 1.82) is 0 Å². The second-order valence-electron chi connectivity index (χ2n) is 5.53. The second-order valence-corrected chi connectivity index (χ2v) is 5.53. The number of alkyl halides is 3. The third-order valence-corrected chi connectivity index (χ3v) is 3.56. The number of carbonyl (C=O) groups is 2. The molecule has 2 aromatic rings. The molecule has 132 valence electrons. The van der Waals surface area contributed by atoms with Crippen LogP contribution in [0.4, 0.5) is 18.9 Å². The van der Waals surface area contributed by atoms with Crippen molar-refractivity contribution in [2.45, 2.75) is 26.1 Å². The van der Waals surface area contributed by atoms with Gasteiger partial charge in [0.25, 0.3) is 0 Å². The third kappa shape index (κ3) is 5.63. The summed E-state index contributed by atoms with van der Waals surface area (Å²) >= 11 is 0. The Hall–Kier alpha value is -2.83. The lowest BCUT2D eigenvalue weighted by Crippen LogP contribution is -2.36. The van der Waals surface area contributed by atoms with Gasteiger partial charge in [0, 0.05) is 12.2 Å². The average Bonchev–Trinajstić information content (AvgIpc) is 2.55. The van der Waals surface area contributed by atoms with E-state index in [9.17, 15) is 22.8 Å². The molecule has 0 aliphatic rings. The average molecular weight is 350 g/mol. The van der Waals surface area contributed by atoms with Crippen LogP contribution in [0.1, 0.15) is 16.7 Å². The lowest BCUT2D eigenvalue weighted by atomic mass is 10.1. The number of amides is 2.